The summed E-state index contributed by atoms with van der Waals surface area (Å²) >= 11 is 0. The van der Waals surface area contributed by atoms with Crippen molar-refractivity contribution in [3.05, 3.63) is 76.4 Å². The number of nitro benzene ring substituents is 1. The molecule has 0 radical (unpaired) electrons. The third-order valence-corrected chi connectivity index (χ3v) is 3.88. The molecule has 0 fully saturated rings. The number of aryl methyl sites for hydroxylation is 1. The second-order valence-electron chi connectivity index (χ2n) is 5.79. The monoisotopic (exact) mass is 363 g/mol. The third kappa shape index (κ3) is 3.25. The minimum atomic E-state index is -0.484. The zero-order chi connectivity index (χ0) is 19.0. The van der Waals surface area contributed by atoms with E-state index < -0.39 is 10.8 Å². The molecule has 2 aromatic heterocycles. The molecule has 9 nitrogen and oxygen atoms in total. The van der Waals surface area contributed by atoms with Crippen LogP contribution in [0.25, 0.3) is 16.8 Å². The van der Waals surface area contributed by atoms with Gasteiger partial charge in [-0.05, 0) is 30.3 Å². The Morgan fingerprint density at radius 1 is 1.22 bits per heavy atom. The molecule has 0 unspecified atom stereocenters. The Balaban J connectivity index is 1.56. The molecule has 0 bridgehead atoms. The smallest absolute Gasteiger partial charge is 0.276 e. The van der Waals surface area contributed by atoms with E-state index in [9.17, 15) is 14.9 Å². The fraction of sp³-hybridized carbons (Fsp3) is 0.0556. The van der Waals surface area contributed by atoms with E-state index in [2.05, 4.69) is 15.4 Å². The van der Waals surface area contributed by atoms with Gasteiger partial charge in [-0.25, -0.2) is 9.67 Å². The van der Waals surface area contributed by atoms with Gasteiger partial charge in [-0.3, -0.25) is 14.9 Å². The quantitative estimate of drug-likeness (QED) is 0.438. The van der Waals surface area contributed by atoms with Gasteiger partial charge in [0.2, 0.25) is 0 Å². The number of hydrogen-bond donors (Lipinski definition) is 1. The lowest BCUT2D eigenvalue weighted by Gasteiger charge is -2.03. The van der Waals surface area contributed by atoms with E-state index in [-0.39, 0.29) is 11.4 Å². The first kappa shape index (κ1) is 16.5. The summed E-state index contributed by atoms with van der Waals surface area (Å²) in [5.41, 5.74) is 2.46. The van der Waals surface area contributed by atoms with Crippen molar-refractivity contribution in [2.45, 2.75) is 6.92 Å². The molecule has 0 spiro atoms. The highest BCUT2D eigenvalue weighted by Crippen LogP contribution is 2.20. The van der Waals surface area contributed by atoms with Crippen LogP contribution in [-0.4, -0.2) is 25.6 Å². The molecule has 1 N–H and O–H groups in total. The molecule has 4 rings (SSSR count). The molecule has 0 aliphatic carbocycles. The lowest BCUT2D eigenvalue weighted by molar-refractivity contribution is -0.384. The Kier molecular flexibility index (Phi) is 3.88. The number of nitro groups is 1. The number of nitrogens with zero attached hydrogens (tertiary/aromatic N) is 4. The molecule has 1 amide bonds. The number of hydrogen-bond acceptors (Lipinski definition) is 6. The Labute approximate surface area is 152 Å². The molecular weight excluding hydrogens is 350 g/mol. The second-order valence-corrected chi connectivity index (χ2v) is 5.79. The highest BCUT2D eigenvalue weighted by molar-refractivity contribution is 6.03. The molecule has 0 saturated heterocycles. The molecular formula is C18H13N5O4. The summed E-state index contributed by atoms with van der Waals surface area (Å²) in [5.74, 6) is 0.142. The van der Waals surface area contributed by atoms with Crippen molar-refractivity contribution < 1.29 is 14.1 Å². The first-order valence-electron chi connectivity index (χ1n) is 7.99. The number of non-ortho nitro benzene ring substituents is 1. The number of anilines is 1. The summed E-state index contributed by atoms with van der Waals surface area (Å²) in [6, 6.07) is 12.7. The van der Waals surface area contributed by atoms with Crippen LogP contribution in [0.15, 0.2) is 59.1 Å². The standard InChI is InChI=1S/C18H13N5O4/c1-11-19-16-9-12(5-6-17(16)27-11)20-18(24)15-7-8-22(21-15)13-3-2-4-14(10-13)23(25)26/h2-10H,1H3,(H,20,24). The topological polar surface area (TPSA) is 116 Å². The number of carbonyl (C=O) groups excluding carboxylic acids is 1. The fourth-order valence-corrected chi connectivity index (χ4v) is 2.65. The summed E-state index contributed by atoms with van der Waals surface area (Å²) < 4.78 is 6.81. The Bertz CT molecular complexity index is 1180. The summed E-state index contributed by atoms with van der Waals surface area (Å²) in [5, 5.41) is 17.8. The number of benzene rings is 2. The molecule has 0 atom stereocenters. The van der Waals surface area contributed by atoms with Gasteiger partial charge in [0, 0.05) is 30.9 Å². The van der Waals surface area contributed by atoms with Gasteiger partial charge >= 0.3 is 0 Å². The van der Waals surface area contributed by atoms with Crippen molar-refractivity contribution in [1.29, 1.82) is 0 Å². The molecule has 2 heterocycles. The van der Waals surface area contributed by atoms with Crippen molar-refractivity contribution in [2.75, 3.05) is 5.32 Å². The van der Waals surface area contributed by atoms with Gasteiger partial charge in [-0.1, -0.05) is 6.07 Å². The Hall–Kier alpha value is -4.01. The van der Waals surface area contributed by atoms with Crippen LogP contribution in [-0.2, 0) is 0 Å². The summed E-state index contributed by atoms with van der Waals surface area (Å²) in [7, 11) is 0. The highest BCUT2D eigenvalue weighted by Gasteiger charge is 2.13. The largest absolute Gasteiger partial charge is 0.441 e. The van der Waals surface area contributed by atoms with Crippen LogP contribution in [0.5, 0.6) is 0 Å². The van der Waals surface area contributed by atoms with Crippen LogP contribution in [0.3, 0.4) is 0 Å². The minimum absolute atomic E-state index is 0.0507. The number of carbonyl (C=O) groups is 1. The molecule has 134 valence electrons. The van der Waals surface area contributed by atoms with E-state index in [1.54, 1.807) is 43.5 Å². The van der Waals surface area contributed by atoms with Crippen molar-refractivity contribution in [3.63, 3.8) is 0 Å². The predicted octanol–water partition coefficient (Wildman–Crippen LogP) is 3.48. The average molecular weight is 363 g/mol. The summed E-state index contributed by atoms with van der Waals surface area (Å²) in [6.07, 6.45) is 1.57. The Morgan fingerprint density at radius 2 is 2.07 bits per heavy atom. The maximum Gasteiger partial charge on any atom is 0.276 e. The maximum atomic E-state index is 12.4. The number of fused-ring (bicyclic) bond motifs is 1. The van der Waals surface area contributed by atoms with Gasteiger partial charge in [-0.15, -0.1) is 0 Å². The van der Waals surface area contributed by atoms with Crippen LogP contribution < -0.4 is 5.32 Å². The summed E-state index contributed by atoms with van der Waals surface area (Å²) in [6.45, 7) is 1.75. The van der Waals surface area contributed by atoms with E-state index in [4.69, 9.17) is 4.42 Å². The highest BCUT2D eigenvalue weighted by atomic mass is 16.6. The lowest BCUT2D eigenvalue weighted by Crippen LogP contribution is -2.13. The molecule has 0 aliphatic heterocycles. The number of aromatic nitrogens is 3. The first-order chi connectivity index (χ1) is 13.0. The Morgan fingerprint density at radius 3 is 2.89 bits per heavy atom. The van der Waals surface area contributed by atoms with Crippen LogP contribution in [0.2, 0.25) is 0 Å². The van der Waals surface area contributed by atoms with Crippen molar-refractivity contribution in [2.24, 2.45) is 0 Å². The second kappa shape index (κ2) is 6.37. The van der Waals surface area contributed by atoms with E-state index in [1.165, 1.54) is 22.9 Å². The van der Waals surface area contributed by atoms with Crippen LogP contribution in [0.4, 0.5) is 11.4 Å². The van der Waals surface area contributed by atoms with E-state index in [1.807, 2.05) is 0 Å². The number of nitrogens with one attached hydrogen (secondary N) is 1. The number of rotatable bonds is 4. The zero-order valence-corrected chi connectivity index (χ0v) is 14.1. The third-order valence-electron chi connectivity index (χ3n) is 3.88. The number of oxazole rings is 1. The van der Waals surface area contributed by atoms with Gasteiger partial charge in [0.25, 0.3) is 11.6 Å². The van der Waals surface area contributed by atoms with Gasteiger partial charge in [0.1, 0.15) is 5.52 Å². The summed E-state index contributed by atoms with van der Waals surface area (Å²) in [4.78, 5) is 27.1. The van der Waals surface area contributed by atoms with Crippen LogP contribution >= 0.6 is 0 Å². The van der Waals surface area contributed by atoms with Crippen LogP contribution in [0, 0.1) is 17.0 Å². The van der Waals surface area contributed by atoms with Crippen LogP contribution in [0.1, 0.15) is 16.4 Å². The van der Waals surface area contributed by atoms with Gasteiger partial charge in [-0.2, -0.15) is 5.10 Å². The molecule has 0 aliphatic rings. The van der Waals surface area contributed by atoms with Crippen molar-refractivity contribution in [3.8, 4) is 5.69 Å². The zero-order valence-electron chi connectivity index (χ0n) is 14.1. The SMILES string of the molecule is Cc1nc2cc(NC(=O)c3ccn(-c4cccc([N+](=O)[O-])c4)n3)ccc2o1. The molecule has 4 aromatic rings. The van der Waals surface area contributed by atoms with Gasteiger partial charge < -0.3 is 9.73 Å². The molecule has 0 saturated carbocycles. The van der Waals surface area contributed by atoms with Crippen molar-refractivity contribution >= 4 is 28.4 Å². The van der Waals surface area contributed by atoms with Gasteiger partial charge in [0.05, 0.1) is 10.6 Å². The predicted molar refractivity (Wildman–Crippen MR) is 96.9 cm³/mol. The van der Waals surface area contributed by atoms with E-state index >= 15 is 0 Å². The average Bonchev–Trinajstić information content (AvgIpc) is 3.27. The molecule has 27 heavy (non-hydrogen) atoms. The molecule has 9 heteroatoms. The van der Waals surface area contributed by atoms with Gasteiger partial charge in [0.15, 0.2) is 17.2 Å². The lowest BCUT2D eigenvalue weighted by atomic mass is 10.2. The normalized spacial score (nSPS) is 10.9. The minimum Gasteiger partial charge on any atom is -0.441 e. The fourth-order valence-electron chi connectivity index (χ4n) is 2.65. The molecule has 2 aromatic carbocycles. The maximum absolute atomic E-state index is 12.4. The van der Waals surface area contributed by atoms with Crippen molar-refractivity contribution in [1.82, 2.24) is 14.8 Å². The number of amides is 1. The first-order valence-corrected chi connectivity index (χ1v) is 7.99. The van der Waals surface area contributed by atoms with E-state index in [0.29, 0.717) is 28.4 Å². The van der Waals surface area contributed by atoms with E-state index in [0.717, 1.165) is 0 Å².